The molecule has 1 aliphatic rings. The van der Waals surface area contributed by atoms with Crippen LogP contribution in [0.15, 0.2) is 54.7 Å². The number of aromatic nitrogens is 2. The number of para-hydroxylation sites is 1. The highest BCUT2D eigenvalue weighted by Crippen LogP contribution is 2.32. The quantitative estimate of drug-likeness (QED) is 0.708. The van der Waals surface area contributed by atoms with Gasteiger partial charge in [-0.2, -0.15) is 0 Å². The average molecular weight is 385 g/mol. The lowest BCUT2D eigenvalue weighted by molar-refractivity contribution is 0.102. The third-order valence-electron chi connectivity index (χ3n) is 4.12. The summed E-state index contributed by atoms with van der Waals surface area (Å²) in [4.78, 5) is 23.3. The third-order valence-corrected chi connectivity index (χ3v) is 4.56. The van der Waals surface area contributed by atoms with Gasteiger partial charge in [-0.25, -0.2) is 9.97 Å². The van der Waals surface area contributed by atoms with E-state index in [-0.39, 0.29) is 11.6 Å². The minimum Gasteiger partial charge on any atom is -0.321 e. The van der Waals surface area contributed by atoms with E-state index in [1.54, 1.807) is 30.5 Å². The van der Waals surface area contributed by atoms with Gasteiger partial charge in [0.25, 0.3) is 5.91 Å². The van der Waals surface area contributed by atoms with Crippen LogP contribution in [0.3, 0.4) is 0 Å². The second kappa shape index (κ2) is 6.94. The Bertz CT molecular complexity index is 973. The predicted octanol–water partition coefficient (Wildman–Crippen LogP) is 4.73. The molecule has 3 aromatic rings. The largest absolute Gasteiger partial charge is 0.321 e. The molecule has 2 aromatic carbocycles. The molecule has 1 amide bonds. The van der Waals surface area contributed by atoms with Crippen LogP contribution >= 0.6 is 23.2 Å². The van der Waals surface area contributed by atoms with Gasteiger partial charge in [0.2, 0.25) is 5.95 Å². The van der Waals surface area contributed by atoms with Crippen molar-refractivity contribution in [3.05, 3.63) is 76.0 Å². The monoisotopic (exact) mass is 384 g/mol. The molecule has 5 nitrogen and oxygen atoms in total. The fourth-order valence-electron chi connectivity index (χ4n) is 2.97. The zero-order valence-electron chi connectivity index (χ0n) is 13.6. The molecule has 0 aliphatic carbocycles. The van der Waals surface area contributed by atoms with E-state index in [1.807, 2.05) is 23.1 Å². The van der Waals surface area contributed by atoms with Gasteiger partial charge in [0.1, 0.15) is 5.69 Å². The van der Waals surface area contributed by atoms with Gasteiger partial charge in [0.05, 0.1) is 0 Å². The van der Waals surface area contributed by atoms with E-state index >= 15 is 0 Å². The number of nitrogens with zero attached hydrogens (tertiary/aromatic N) is 3. The highest BCUT2D eigenvalue weighted by molar-refractivity contribution is 6.35. The molecule has 0 bridgehead atoms. The molecule has 1 aliphatic heterocycles. The highest BCUT2D eigenvalue weighted by atomic mass is 35.5. The van der Waals surface area contributed by atoms with Crippen LogP contribution in [-0.4, -0.2) is 22.4 Å². The number of fused-ring (bicyclic) bond motifs is 1. The molecule has 4 rings (SSSR count). The molecule has 1 N–H and O–H groups in total. The first-order chi connectivity index (χ1) is 12.6. The second-order valence-corrected chi connectivity index (χ2v) is 6.76. The third kappa shape index (κ3) is 3.36. The Morgan fingerprint density at radius 2 is 1.85 bits per heavy atom. The lowest BCUT2D eigenvalue weighted by Gasteiger charge is -2.17. The van der Waals surface area contributed by atoms with Crippen molar-refractivity contribution in [1.29, 1.82) is 0 Å². The summed E-state index contributed by atoms with van der Waals surface area (Å²) in [5.74, 6) is 0.159. The Labute approximate surface area is 160 Å². The first kappa shape index (κ1) is 16.8. The minimum atomic E-state index is -0.348. The molecule has 1 aromatic heterocycles. The Morgan fingerprint density at radius 3 is 2.65 bits per heavy atom. The molecule has 0 fully saturated rings. The summed E-state index contributed by atoms with van der Waals surface area (Å²) >= 11 is 11.9. The van der Waals surface area contributed by atoms with Crippen LogP contribution in [0, 0.1) is 0 Å². The van der Waals surface area contributed by atoms with Crippen molar-refractivity contribution in [3.8, 4) is 0 Å². The van der Waals surface area contributed by atoms with Gasteiger partial charge in [-0.15, -0.1) is 0 Å². The number of nitrogens with one attached hydrogen (secondary N) is 1. The van der Waals surface area contributed by atoms with E-state index in [2.05, 4.69) is 21.4 Å². The van der Waals surface area contributed by atoms with E-state index < -0.39 is 0 Å². The second-order valence-electron chi connectivity index (χ2n) is 5.88. The van der Waals surface area contributed by atoms with Crippen molar-refractivity contribution in [2.24, 2.45) is 0 Å². The zero-order chi connectivity index (χ0) is 18.1. The summed E-state index contributed by atoms with van der Waals surface area (Å²) in [5, 5.41) is 3.66. The zero-order valence-corrected chi connectivity index (χ0v) is 15.1. The summed E-state index contributed by atoms with van der Waals surface area (Å²) in [6, 6.07) is 14.6. The van der Waals surface area contributed by atoms with Crippen molar-refractivity contribution >= 4 is 46.4 Å². The molecule has 0 radical (unpaired) electrons. The number of rotatable bonds is 3. The number of benzene rings is 2. The van der Waals surface area contributed by atoms with Crippen LogP contribution in [0.5, 0.6) is 0 Å². The van der Waals surface area contributed by atoms with E-state index in [4.69, 9.17) is 23.2 Å². The van der Waals surface area contributed by atoms with Gasteiger partial charge < -0.3 is 10.2 Å². The SMILES string of the molecule is O=C(Nc1cc(Cl)cc(Cl)c1)c1ccnc(N2CCc3ccccc32)n1. The molecule has 0 saturated heterocycles. The average Bonchev–Trinajstić information content (AvgIpc) is 3.05. The molecular formula is C19H14Cl2N4O. The van der Waals surface area contributed by atoms with Gasteiger partial charge in [0, 0.05) is 34.2 Å². The maximum atomic E-state index is 12.5. The van der Waals surface area contributed by atoms with Crippen LogP contribution in [0.4, 0.5) is 17.3 Å². The Balaban J connectivity index is 1.59. The fourth-order valence-corrected chi connectivity index (χ4v) is 3.50. The molecular weight excluding hydrogens is 371 g/mol. The summed E-state index contributed by atoms with van der Waals surface area (Å²) in [5.41, 5.74) is 3.11. The van der Waals surface area contributed by atoms with Crippen molar-refractivity contribution in [2.45, 2.75) is 6.42 Å². The molecule has 26 heavy (non-hydrogen) atoms. The molecule has 2 heterocycles. The number of hydrogen-bond donors (Lipinski definition) is 1. The Morgan fingerprint density at radius 1 is 1.08 bits per heavy atom. The van der Waals surface area contributed by atoms with Gasteiger partial charge >= 0.3 is 0 Å². The van der Waals surface area contributed by atoms with E-state index in [0.29, 0.717) is 21.7 Å². The molecule has 0 unspecified atom stereocenters. The first-order valence-corrected chi connectivity index (χ1v) is 8.82. The van der Waals surface area contributed by atoms with Crippen molar-refractivity contribution < 1.29 is 4.79 Å². The van der Waals surface area contributed by atoms with Crippen LogP contribution in [0.1, 0.15) is 16.1 Å². The lowest BCUT2D eigenvalue weighted by Crippen LogP contribution is -2.20. The van der Waals surface area contributed by atoms with Gasteiger partial charge in [-0.1, -0.05) is 41.4 Å². The van der Waals surface area contributed by atoms with Gasteiger partial charge in [-0.3, -0.25) is 4.79 Å². The van der Waals surface area contributed by atoms with E-state index in [9.17, 15) is 4.79 Å². The Kier molecular flexibility index (Phi) is 4.49. The smallest absolute Gasteiger partial charge is 0.274 e. The summed E-state index contributed by atoms with van der Waals surface area (Å²) in [7, 11) is 0. The number of anilines is 3. The van der Waals surface area contributed by atoms with Crippen LogP contribution < -0.4 is 10.2 Å². The number of halogens is 2. The van der Waals surface area contributed by atoms with Crippen LogP contribution in [0.25, 0.3) is 0 Å². The minimum absolute atomic E-state index is 0.274. The normalized spacial score (nSPS) is 12.8. The van der Waals surface area contributed by atoms with Crippen molar-refractivity contribution in [1.82, 2.24) is 9.97 Å². The molecule has 0 saturated carbocycles. The number of hydrogen-bond acceptors (Lipinski definition) is 4. The molecule has 0 spiro atoms. The number of amides is 1. The number of carbonyl (C=O) groups is 1. The maximum absolute atomic E-state index is 12.5. The van der Waals surface area contributed by atoms with Crippen LogP contribution in [0.2, 0.25) is 10.0 Å². The first-order valence-electron chi connectivity index (χ1n) is 8.06. The maximum Gasteiger partial charge on any atom is 0.274 e. The van der Waals surface area contributed by atoms with E-state index in [0.717, 1.165) is 18.7 Å². The molecule has 130 valence electrons. The standard InChI is InChI=1S/C19H14Cl2N4O/c20-13-9-14(21)11-15(10-13)23-18(26)16-5-7-22-19(24-16)25-8-6-12-3-1-2-4-17(12)25/h1-5,7,9-11H,6,8H2,(H,23,26). The van der Waals surface area contributed by atoms with Gasteiger partial charge in [-0.05, 0) is 42.3 Å². The lowest BCUT2D eigenvalue weighted by atomic mass is 10.2. The van der Waals surface area contributed by atoms with E-state index in [1.165, 1.54) is 5.56 Å². The summed E-state index contributed by atoms with van der Waals surface area (Å²) in [6.45, 7) is 0.786. The Hall–Kier alpha value is -2.63. The number of carbonyl (C=O) groups excluding carboxylic acids is 1. The molecule has 0 atom stereocenters. The van der Waals surface area contributed by atoms with Gasteiger partial charge in [0.15, 0.2) is 0 Å². The summed E-state index contributed by atoms with van der Waals surface area (Å²) in [6.07, 6.45) is 2.51. The topological polar surface area (TPSA) is 58.1 Å². The summed E-state index contributed by atoms with van der Waals surface area (Å²) < 4.78 is 0. The molecule has 7 heteroatoms. The highest BCUT2D eigenvalue weighted by Gasteiger charge is 2.22. The van der Waals surface area contributed by atoms with Crippen molar-refractivity contribution in [2.75, 3.05) is 16.8 Å². The predicted molar refractivity (Wildman–Crippen MR) is 104 cm³/mol. The fraction of sp³-hybridized carbons (Fsp3) is 0.105. The van der Waals surface area contributed by atoms with Crippen molar-refractivity contribution in [3.63, 3.8) is 0 Å². The van der Waals surface area contributed by atoms with Crippen LogP contribution in [-0.2, 0) is 6.42 Å².